The third-order valence-electron chi connectivity index (χ3n) is 1.23. The van der Waals surface area contributed by atoms with Crippen LogP contribution in [0.15, 0.2) is 41.1 Å². The maximum Gasteiger partial charge on any atom is 0.0650 e. The molecule has 0 aromatic rings. The first-order valence-corrected chi connectivity index (χ1v) is 3.39. The molecule has 0 atom stereocenters. The highest BCUT2D eigenvalue weighted by Crippen LogP contribution is 2.08. The Morgan fingerprint density at radius 1 is 1.40 bits per heavy atom. The van der Waals surface area contributed by atoms with E-state index < -0.39 is 0 Å². The van der Waals surface area contributed by atoms with Crippen LogP contribution in [0.25, 0.3) is 0 Å². The molecule has 0 amide bonds. The first-order chi connectivity index (χ1) is 4.83. The lowest BCUT2D eigenvalue weighted by Gasteiger charge is -2.04. The second-order valence-corrected chi connectivity index (χ2v) is 2.21. The molecule has 0 aromatic heterocycles. The molecule has 0 bridgehead atoms. The Balaban J connectivity index is 2.36. The zero-order chi connectivity index (χ0) is 7.40. The summed E-state index contributed by atoms with van der Waals surface area (Å²) in [6.07, 6.45) is 10.0. The second kappa shape index (κ2) is 3.16. The highest BCUT2D eigenvalue weighted by Gasteiger charge is 1.99. The van der Waals surface area contributed by atoms with E-state index in [4.69, 9.17) is 0 Å². The fourth-order valence-electron chi connectivity index (χ4n) is 0.767. The fraction of sp³-hybridized carbons (Fsp3) is 0.222. The summed E-state index contributed by atoms with van der Waals surface area (Å²) in [6.45, 7) is 3.99. The van der Waals surface area contributed by atoms with Crippen molar-refractivity contribution < 1.29 is 0 Å². The molecular weight excluding hydrogens is 122 g/mol. The minimum absolute atomic E-state index is 1.07. The zero-order valence-corrected chi connectivity index (χ0v) is 6.33. The molecule has 1 aliphatic heterocycles. The van der Waals surface area contributed by atoms with Crippen molar-refractivity contribution in [3.05, 3.63) is 36.1 Å². The average Bonchev–Trinajstić information content (AvgIpc) is 1.85. The summed E-state index contributed by atoms with van der Waals surface area (Å²) in [5.41, 5.74) is 2.18. The minimum atomic E-state index is 1.07. The van der Waals surface area contributed by atoms with E-state index in [1.54, 1.807) is 0 Å². The standard InChI is InChI=1S/C9H11N/c1-3-4-5-6-9-7-8(2)10-9/h3-7H,1-2H3/b4-3-,6-5-. The zero-order valence-electron chi connectivity index (χ0n) is 6.33. The molecule has 0 N–H and O–H groups in total. The summed E-state index contributed by atoms with van der Waals surface area (Å²) < 4.78 is 0. The molecule has 0 radical (unpaired) electrons. The molecule has 10 heavy (non-hydrogen) atoms. The van der Waals surface area contributed by atoms with E-state index in [-0.39, 0.29) is 0 Å². The lowest BCUT2D eigenvalue weighted by atomic mass is 10.2. The van der Waals surface area contributed by atoms with Crippen LogP contribution in [0.3, 0.4) is 0 Å². The van der Waals surface area contributed by atoms with Gasteiger partial charge in [-0.1, -0.05) is 18.2 Å². The molecule has 1 nitrogen and oxygen atoms in total. The third-order valence-corrected chi connectivity index (χ3v) is 1.23. The van der Waals surface area contributed by atoms with Crippen molar-refractivity contribution in [2.75, 3.05) is 0 Å². The highest BCUT2D eigenvalue weighted by atomic mass is 14.8. The SMILES string of the molecule is C/C=C\C=C/C1=NC(C)=C1. The summed E-state index contributed by atoms with van der Waals surface area (Å²) in [4.78, 5) is 4.15. The second-order valence-electron chi connectivity index (χ2n) is 2.21. The van der Waals surface area contributed by atoms with Crippen molar-refractivity contribution in [2.24, 2.45) is 4.99 Å². The Hall–Kier alpha value is -1.11. The Kier molecular flexibility index (Phi) is 2.21. The van der Waals surface area contributed by atoms with Crippen LogP contribution >= 0.6 is 0 Å². The van der Waals surface area contributed by atoms with Crippen molar-refractivity contribution in [3.63, 3.8) is 0 Å². The maximum absolute atomic E-state index is 4.15. The first kappa shape index (κ1) is 7.00. The Labute approximate surface area is 61.5 Å². The molecule has 1 aliphatic rings. The lowest BCUT2D eigenvalue weighted by molar-refractivity contribution is 1.27. The van der Waals surface area contributed by atoms with Gasteiger partial charge >= 0.3 is 0 Å². The van der Waals surface area contributed by atoms with Crippen LogP contribution in [0, 0.1) is 0 Å². The number of rotatable bonds is 2. The van der Waals surface area contributed by atoms with Crippen LogP contribution in [0.1, 0.15) is 13.8 Å². The van der Waals surface area contributed by atoms with Crippen LogP contribution < -0.4 is 0 Å². The largest absolute Gasteiger partial charge is 0.254 e. The number of nitrogens with zero attached hydrogens (tertiary/aromatic N) is 1. The number of aliphatic imine (C=N–C) groups is 1. The maximum atomic E-state index is 4.15. The van der Waals surface area contributed by atoms with Gasteiger partial charge in [0.2, 0.25) is 0 Å². The molecule has 0 aromatic carbocycles. The van der Waals surface area contributed by atoms with E-state index in [1.807, 2.05) is 38.2 Å². The Bertz CT molecular complexity index is 229. The summed E-state index contributed by atoms with van der Waals surface area (Å²) in [5.74, 6) is 0. The summed E-state index contributed by atoms with van der Waals surface area (Å²) >= 11 is 0. The number of hydrogen-bond donors (Lipinski definition) is 0. The number of hydrogen-bond acceptors (Lipinski definition) is 1. The van der Waals surface area contributed by atoms with Crippen LogP contribution in [-0.4, -0.2) is 5.71 Å². The lowest BCUT2D eigenvalue weighted by Crippen LogP contribution is -1.98. The normalized spacial score (nSPS) is 17.4. The van der Waals surface area contributed by atoms with Gasteiger partial charge in [-0.15, -0.1) is 0 Å². The van der Waals surface area contributed by atoms with Crippen molar-refractivity contribution in [1.29, 1.82) is 0 Å². The number of allylic oxidation sites excluding steroid dienone is 6. The van der Waals surface area contributed by atoms with E-state index in [0.717, 1.165) is 11.4 Å². The topological polar surface area (TPSA) is 12.4 Å². The Morgan fingerprint density at radius 3 is 2.60 bits per heavy atom. The van der Waals surface area contributed by atoms with Gasteiger partial charge in [0.25, 0.3) is 0 Å². The van der Waals surface area contributed by atoms with E-state index in [1.165, 1.54) is 0 Å². The fourth-order valence-corrected chi connectivity index (χ4v) is 0.767. The van der Waals surface area contributed by atoms with Gasteiger partial charge in [0.1, 0.15) is 0 Å². The van der Waals surface area contributed by atoms with E-state index in [2.05, 4.69) is 11.1 Å². The van der Waals surface area contributed by atoms with Crippen LogP contribution in [0.2, 0.25) is 0 Å². The molecular formula is C9H11N. The molecule has 1 heteroatoms. The molecule has 0 fully saturated rings. The summed E-state index contributed by atoms with van der Waals surface area (Å²) in [7, 11) is 0. The Morgan fingerprint density at radius 2 is 2.10 bits per heavy atom. The summed E-state index contributed by atoms with van der Waals surface area (Å²) in [6, 6.07) is 0. The van der Waals surface area contributed by atoms with Gasteiger partial charge < -0.3 is 0 Å². The van der Waals surface area contributed by atoms with Crippen molar-refractivity contribution in [3.8, 4) is 0 Å². The van der Waals surface area contributed by atoms with Crippen molar-refractivity contribution in [2.45, 2.75) is 13.8 Å². The third kappa shape index (κ3) is 1.69. The molecule has 0 aliphatic carbocycles. The predicted octanol–water partition coefficient (Wildman–Crippen LogP) is 2.48. The average molecular weight is 133 g/mol. The van der Waals surface area contributed by atoms with Crippen molar-refractivity contribution >= 4 is 5.71 Å². The molecule has 0 spiro atoms. The van der Waals surface area contributed by atoms with Crippen LogP contribution in [0.5, 0.6) is 0 Å². The quantitative estimate of drug-likeness (QED) is 0.513. The van der Waals surface area contributed by atoms with Crippen LogP contribution in [-0.2, 0) is 0 Å². The highest BCUT2D eigenvalue weighted by molar-refractivity contribution is 6.08. The first-order valence-electron chi connectivity index (χ1n) is 3.39. The van der Waals surface area contributed by atoms with Crippen LogP contribution in [0.4, 0.5) is 0 Å². The van der Waals surface area contributed by atoms with Gasteiger partial charge in [0.05, 0.1) is 5.71 Å². The molecule has 52 valence electrons. The monoisotopic (exact) mass is 133 g/mol. The van der Waals surface area contributed by atoms with Crippen molar-refractivity contribution in [1.82, 2.24) is 0 Å². The predicted molar refractivity (Wildman–Crippen MR) is 45.1 cm³/mol. The molecule has 1 rings (SSSR count). The summed E-state index contributed by atoms with van der Waals surface area (Å²) in [5, 5.41) is 0. The van der Waals surface area contributed by atoms with Gasteiger partial charge in [-0.25, -0.2) is 0 Å². The van der Waals surface area contributed by atoms with E-state index in [9.17, 15) is 0 Å². The van der Waals surface area contributed by atoms with Gasteiger partial charge in [-0.05, 0) is 26.0 Å². The van der Waals surface area contributed by atoms with Gasteiger partial charge in [0.15, 0.2) is 0 Å². The smallest absolute Gasteiger partial charge is 0.0650 e. The van der Waals surface area contributed by atoms with Gasteiger partial charge in [-0.3, -0.25) is 4.99 Å². The molecule has 0 saturated carbocycles. The molecule has 1 heterocycles. The molecule has 0 saturated heterocycles. The van der Waals surface area contributed by atoms with E-state index >= 15 is 0 Å². The minimum Gasteiger partial charge on any atom is -0.254 e. The van der Waals surface area contributed by atoms with Gasteiger partial charge in [-0.2, -0.15) is 0 Å². The van der Waals surface area contributed by atoms with Gasteiger partial charge in [0, 0.05) is 5.70 Å². The van der Waals surface area contributed by atoms with E-state index in [0.29, 0.717) is 0 Å². The molecule has 0 unspecified atom stereocenters.